The van der Waals surface area contributed by atoms with Gasteiger partial charge in [0.25, 0.3) is 5.69 Å². The number of aryl methyl sites for hydroxylation is 1. The lowest BCUT2D eigenvalue weighted by atomic mass is 10.1. The van der Waals surface area contributed by atoms with Crippen LogP contribution in [0.4, 0.5) is 5.69 Å². The van der Waals surface area contributed by atoms with Crippen molar-refractivity contribution in [3.8, 4) is 0 Å². The number of halogens is 1. The van der Waals surface area contributed by atoms with E-state index in [1.165, 1.54) is 6.07 Å². The first-order chi connectivity index (χ1) is 11.6. The number of nitro groups is 1. The Kier molecular flexibility index (Phi) is 4.40. The normalized spacial score (nSPS) is 12.2. The van der Waals surface area contributed by atoms with Crippen molar-refractivity contribution < 1.29 is 10.1 Å². The average molecular weight is 346 g/mol. The molecule has 7 heteroatoms. The van der Waals surface area contributed by atoms with E-state index in [1.54, 1.807) is 19.1 Å². The summed E-state index contributed by atoms with van der Waals surface area (Å²) in [6, 6.07) is 10.6. The van der Waals surface area contributed by atoms with E-state index in [0.717, 1.165) is 40.3 Å². The van der Waals surface area contributed by atoms with Gasteiger partial charge in [0.05, 0.1) is 10.6 Å². The molecule has 6 nitrogen and oxygen atoms in total. The zero-order valence-corrected chi connectivity index (χ0v) is 13.8. The molecule has 0 saturated carbocycles. The van der Waals surface area contributed by atoms with Gasteiger partial charge >= 0.3 is 0 Å². The fourth-order valence-corrected chi connectivity index (χ4v) is 3.07. The number of hydrogen-bond donors (Lipinski definition) is 1. The predicted molar refractivity (Wildman–Crippen MR) is 95.4 cm³/mol. The van der Waals surface area contributed by atoms with Crippen molar-refractivity contribution in [2.45, 2.75) is 19.9 Å². The third kappa shape index (κ3) is 2.69. The summed E-state index contributed by atoms with van der Waals surface area (Å²) in [6.45, 7) is 2.43. The quantitative estimate of drug-likeness (QED) is 0.242. The first kappa shape index (κ1) is 16.3. The van der Waals surface area contributed by atoms with Crippen LogP contribution in [0.5, 0.6) is 0 Å². The third-order valence-corrected chi connectivity index (χ3v) is 4.41. The lowest BCUT2D eigenvalue weighted by Gasteiger charge is -2.06. The summed E-state index contributed by atoms with van der Waals surface area (Å²) in [6.07, 6.45) is 0.802. The van der Waals surface area contributed by atoms with E-state index in [2.05, 4.69) is 9.72 Å². The monoisotopic (exact) mass is 345 g/mol. The molecule has 0 aliphatic heterocycles. The maximum atomic E-state index is 11.1. The van der Waals surface area contributed by atoms with E-state index in [1.807, 2.05) is 18.2 Å². The predicted octanol–water partition coefficient (Wildman–Crippen LogP) is 4.53. The van der Waals surface area contributed by atoms with Crippen molar-refractivity contribution in [3.63, 3.8) is 0 Å². The molecule has 3 aromatic rings. The highest BCUT2D eigenvalue weighted by atomic mass is 35.5. The Morgan fingerprint density at radius 3 is 2.54 bits per heavy atom. The number of rotatable bonds is 5. The molecule has 0 amide bonds. The van der Waals surface area contributed by atoms with Crippen LogP contribution < -0.4 is 0 Å². The highest BCUT2D eigenvalue weighted by Gasteiger charge is 2.15. The first-order valence-electron chi connectivity index (χ1n) is 7.52. The Bertz CT molecular complexity index is 963. The summed E-state index contributed by atoms with van der Waals surface area (Å²) < 4.78 is 2.12. The van der Waals surface area contributed by atoms with Crippen LogP contribution in [0.1, 0.15) is 18.9 Å². The van der Waals surface area contributed by atoms with Crippen LogP contribution in [0.15, 0.2) is 41.6 Å². The molecule has 0 bridgehead atoms. The van der Waals surface area contributed by atoms with E-state index >= 15 is 0 Å². The number of benzene rings is 2. The third-order valence-electron chi connectivity index (χ3n) is 4.14. The van der Waals surface area contributed by atoms with Crippen LogP contribution in [0.25, 0.3) is 21.8 Å². The van der Waals surface area contributed by atoms with Crippen LogP contribution in [0, 0.1) is 10.1 Å². The molecule has 124 valence electrons. The van der Waals surface area contributed by atoms with Crippen molar-refractivity contribution in [2.75, 3.05) is 5.88 Å². The van der Waals surface area contributed by atoms with Gasteiger partial charge in [0.15, 0.2) is 0 Å². The summed E-state index contributed by atoms with van der Waals surface area (Å²) in [5, 5.41) is 25.0. The van der Waals surface area contributed by atoms with E-state index in [4.69, 9.17) is 16.8 Å². The second-order valence-corrected chi connectivity index (χ2v) is 5.95. The number of fused-ring (bicyclic) bond motifs is 3. The second-order valence-electron chi connectivity index (χ2n) is 5.57. The molecule has 24 heavy (non-hydrogen) atoms. The maximum absolute atomic E-state index is 11.1. The van der Waals surface area contributed by atoms with Crippen LogP contribution >= 0.6 is 11.6 Å². The number of aromatic nitrogens is 1. The van der Waals surface area contributed by atoms with E-state index < -0.39 is 4.92 Å². The Hall–Kier alpha value is -2.60. The lowest BCUT2D eigenvalue weighted by Crippen LogP contribution is -1.99. The number of nitrogens with zero attached hydrogens (tertiary/aromatic N) is 3. The molecule has 0 saturated heterocycles. The maximum Gasteiger partial charge on any atom is 0.270 e. The molecule has 0 aliphatic carbocycles. The van der Waals surface area contributed by atoms with Crippen LogP contribution in [-0.2, 0) is 6.54 Å². The zero-order chi connectivity index (χ0) is 17.3. The Morgan fingerprint density at radius 2 is 1.92 bits per heavy atom. The van der Waals surface area contributed by atoms with Crippen molar-refractivity contribution in [1.82, 2.24) is 4.57 Å². The zero-order valence-electron chi connectivity index (χ0n) is 13.1. The van der Waals surface area contributed by atoms with Gasteiger partial charge in [0, 0.05) is 46.4 Å². The van der Waals surface area contributed by atoms with Crippen molar-refractivity contribution in [1.29, 1.82) is 0 Å². The topological polar surface area (TPSA) is 80.7 Å². The van der Waals surface area contributed by atoms with Crippen LogP contribution in [0.2, 0.25) is 0 Å². The minimum Gasteiger partial charge on any atom is -0.411 e. The Labute approximate surface area is 143 Å². The van der Waals surface area contributed by atoms with Crippen LogP contribution in [0.3, 0.4) is 0 Å². The van der Waals surface area contributed by atoms with Crippen molar-refractivity contribution in [2.24, 2.45) is 5.16 Å². The number of non-ortho nitro benzene ring substituents is 1. The summed E-state index contributed by atoms with van der Waals surface area (Å²) in [7, 11) is 0. The van der Waals surface area contributed by atoms with Gasteiger partial charge in [-0.3, -0.25) is 10.1 Å². The second kappa shape index (κ2) is 6.49. The molecule has 0 aliphatic rings. The largest absolute Gasteiger partial charge is 0.411 e. The van der Waals surface area contributed by atoms with E-state index in [0.29, 0.717) is 11.6 Å². The summed E-state index contributed by atoms with van der Waals surface area (Å²) in [4.78, 5) is 10.7. The summed E-state index contributed by atoms with van der Waals surface area (Å²) in [5.41, 5.74) is 3.22. The number of alkyl halides is 1. The molecule has 0 unspecified atom stereocenters. The van der Waals surface area contributed by atoms with Crippen LogP contribution in [-0.4, -0.2) is 26.3 Å². The lowest BCUT2D eigenvalue weighted by molar-refractivity contribution is -0.384. The first-order valence-corrected chi connectivity index (χ1v) is 8.05. The molecule has 0 spiro atoms. The standard InChI is InChI=1S/C17H16ClN3O3/c1-11(19-22)12-3-5-16-14(9-12)15-10-13(21(23)24)4-6-17(15)20(16)8-2-7-18/h3-6,9-10,22H,2,7-8H2,1H3. The van der Waals surface area contributed by atoms with Crippen molar-refractivity contribution >= 4 is 44.8 Å². The smallest absolute Gasteiger partial charge is 0.270 e. The van der Waals surface area contributed by atoms with Gasteiger partial charge in [0.1, 0.15) is 0 Å². The van der Waals surface area contributed by atoms with Gasteiger partial charge in [-0.25, -0.2) is 0 Å². The van der Waals surface area contributed by atoms with Crippen molar-refractivity contribution in [3.05, 3.63) is 52.1 Å². The van der Waals surface area contributed by atoms with Gasteiger partial charge in [0.2, 0.25) is 0 Å². The molecule has 1 aromatic heterocycles. The van der Waals surface area contributed by atoms with Gasteiger partial charge in [-0.05, 0) is 37.1 Å². The van der Waals surface area contributed by atoms with Gasteiger partial charge in [-0.2, -0.15) is 0 Å². The Balaban J connectivity index is 2.34. The van der Waals surface area contributed by atoms with Gasteiger partial charge < -0.3 is 9.77 Å². The number of hydrogen-bond acceptors (Lipinski definition) is 4. The number of oxime groups is 1. The number of nitro benzene ring substituents is 1. The van der Waals surface area contributed by atoms with E-state index in [-0.39, 0.29) is 5.69 Å². The van der Waals surface area contributed by atoms with E-state index in [9.17, 15) is 10.1 Å². The van der Waals surface area contributed by atoms with Gasteiger partial charge in [-0.15, -0.1) is 11.6 Å². The average Bonchev–Trinajstić information content (AvgIpc) is 2.91. The van der Waals surface area contributed by atoms with Gasteiger partial charge in [-0.1, -0.05) is 11.2 Å². The molecule has 1 N–H and O–H groups in total. The highest BCUT2D eigenvalue weighted by molar-refractivity contribution is 6.17. The molecular formula is C17H16ClN3O3. The minimum atomic E-state index is -0.397. The fraction of sp³-hybridized carbons (Fsp3) is 0.235. The molecule has 2 aromatic carbocycles. The highest BCUT2D eigenvalue weighted by Crippen LogP contribution is 2.32. The Morgan fingerprint density at radius 1 is 1.25 bits per heavy atom. The summed E-state index contributed by atoms with van der Waals surface area (Å²) >= 11 is 5.83. The molecular weight excluding hydrogens is 330 g/mol. The molecule has 0 fully saturated rings. The molecule has 1 heterocycles. The molecule has 0 radical (unpaired) electrons. The molecule has 0 atom stereocenters. The molecule has 3 rings (SSSR count). The summed E-state index contributed by atoms with van der Waals surface area (Å²) in [5.74, 6) is 0.544. The SMILES string of the molecule is CC(=NO)c1ccc2c(c1)c1cc([N+](=O)[O-])ccc1n2CCCCl. The minimum absolute atomic E-state index is 0.0526. The fourth-order valence-electron chi connectivity index (χ4n) is 2.95.